The number of amides is 2. The first-order valence-electron chi connectivity index (χ1n) is 10.6. The first kappa shape index (κ1) is 20.4. The Morgan fingerprint density at radius 3 is 2.83 bits per heavy atom. The summed E-state index contributed by atoms with van der Waals surface area (Å²) < 4.78 is 10.9. The number of nitrogens with one attached hydrogen (secondary N) is 3. The number of rotatable bonds is 7. The number of nitrogens with zero attached hydrogens (tertiary/aromatic N) is 1. The van der Waals surface area contributed by atoms with Crippen molar-refractivity contribution in [2.45, 2.75) is 56.7 Å². The van der Waals surface area contributed by atoms with Crippen LogP contribution in [0.4, 0.5) is 10.6 Å². The molecule has 160 valence electrons. The number of anilines is 1. The van der Waals surface area contributed by atoms with Crippen molar-refractivity contribution in [1.82, 2.24) is 15.5 Å². The summed E-state index contributed by atoms with van der Waals surface area (Å²) in [6.07, 6.45) is 2.25. The molecule has 30 heavy (non-hydrogen) atoms. The molecule has 0 radical (unpaired) electrons. The van der Waals surface area contributed by atoms with E-state index in [1.807, 2.05) is 24.3 Å². The summed E-state index contributed by atoms with van der Waals surface area (Å²) >= 11 is 0. The number of benzene rings is 1. The van der Waals surface area contributed by atoms with Crippen LogP contribution in [0.2, 0.25) is 0 Å². The van der Waals surface area contributed by atoms with E-state index in [2.05, 4.69) is 39.9 Å². The SMILES string of the molecule is CC(CNC(=O)O[C@H]1C[C@@H](c2cc(NC(=O)[C@H]3CCCO3)[nH]n2)C1)c1ccccc1. The summed E-state index contributed by atoms with van der Waals surface area (Å²) in [7, 11) is 0. The molecule has 2 aromatic rings. The summed E-state index contributed by atoms with van der Waals surface area (Å²) in [5.74, 6) is 0.873. The summed E-state index contributed by atoms with van der Waals surface area (Å²) in [5, 5.41) is 12.8. The second-order valence-corrected chi connectivity index (χ2v) is 8.09. The van der Waals surface area contributed by atoms with Crippen LogP contribution in [-0.2, 0) is 14.3 Å². The number of hydrogen-bond donors (Lipinski definition) is 3. The summed E-state index contributed by atoms with van der Waals surface area (Å²) in [6, 6.07) is 11.9. The minimum Gasteiger partial charge on any atom is -0.446 e. The van der Waals surface area contributed by atoms with Crippen molar-refractivity contribution in [3.8, 4) is 0 Å². The van der Waals surface area contributed by atoms with Crippen LogP contribution in [0.1, 0.15) is 55.7 Å². The second-order valence-electron chi connectivity index (χ2n) is 8.09. The van der Waals surface area contributed by atoms with E-state index in [1.165, 1.54) is 5.56 Å². The molecular weight excluding hydrogens is 384 g/mol. The van der Waals surface area contributed by atoms with Gasteiger partial charge in [-0.15, -0.1) is 0 Å². The zero-order valence-electron chi connectivity index (χ0n) is 17.1. The van der Waals surface area contributed by atoms with E-state index in [1.54, 1.807) is 0 Å². The van der Waals surface area contributed by atoms with Crippen LogP contribution in [0.25, 0.3) is 0 Å². The lowest BCUT2D eigenvalue weighted by molar-refractivity contribution is -0.124. The van der Waals surface area contributed by atoms with Gasteiger partial charge >= 0.3 is 6.09 Å². The van der Waals surface area contributed by atoms with Crippen LogP contribution in [-0.4, -0.2) is 47.6 Å². The van der Waals surface area contributed by atoms with Gasteiger partial charge in [-0.1, -0.05) is 37.3 Å². The predicted molar refractivity (Wildman–Crippen MR) is 111 cm³/mol. The van der Waals surface area contributed by atoms with E-state index >= 15 is 0 Å². The second kappa shape index (κ2) is 9.30. The van der Waals surface area contributed by atoms with E-state index in [0.717, 1.165) is 31.4 Å². The number of hydrogen-bond acceptors (Lipinski definition) is 5. The fourth-order valence-corrected chi connectivity index (χ4v) is 3.84. The molecule has 1 saturated carbocycles. The average molecular weight is 412 g/mol. The smallest absolute Gasteiger partial charge is 0.407 e. The average Bonchev–Trinajstić information content (AvgIpc) is 3.41. The first-order valence-corrected chi connectivity index (χ1v) is 10.6. The number of ether oxygens (including phenoxy) is 2. The molecule has 2 atom stereocenters. The number of aromatic nitrogens is 2. The Hall–Kier alpha value is -2.87. The van der Waals surface area contributed by atoms with Crippen molar-refractivity contribution in [2.75, 3.05) is 18.5 Å². The lowest BCUT2D eigenvalue weighted by Crippen LogP contribution is -2.37. The van der Waals surface area contributed by atoms with Gasteiger partial charge in [-0.05, 0) is 37.2 Å². The maximum atomic E-state index is 12.1. The van der Waals surface area contributed by atoms with Crippen LogP contribution in [0.15, 0.2) is 36.4 Å². The molecule has 2 aliphatic rings. The van der Waals surface area contributed by atoms with E-state index in [-0.39, 0.29) is 36.0 Å². The van der Waals surface area contributed by atoms with Gasteiger partial charge in [-0.2, -0.15) is 5.10 Å². The molecule has 0 bridgehead atoms. The molecule has 3 N–H and O–H groups in total. The molecule has 2 amide bonds. The van der Waals surface area contributed by atoms with Crippen LogP contribution < -0.4 is 10.6 Å². The number of carbonyl (C=O) groups excluding carboxylic acids is 2. The van der Waals surface area contributed by atoms with Crippen molar-refractivity contribution in [1.29, 1.82) is 0 Å². The molecule has 2 heterocycles. The van der Waals surface area contributed by atoms with Crippen LogP contribution >= 0.6 is 0 Å². The van der Waals surface area contributed by atoms with E-state index < -0.39 is 0 Å². The first-order chi connectivity index (χ1) is 14.6. The molecule has 8 heteroatoms. The molecule has 1 aliphatic carbocycles. The fraction of sp³-hybridized carbons (Fsp3) is 0.500. The number of carbonyl (C=O) groups is 2. The highest BCUT2D eigenvalue weighted by Crippen LogP contribution is 2.38. The largest absolute Gasteiger partial charge is 0.446 e. The maximum absolute atomic E-state index is 12.1. The minimum atomic E-state index is -0.382. The highest BCUT2D eigenvalue weighted by Gasteiger charge is 2.35. The molecule has 4 rings (SSSR count). The molecular formula is C22H28N4O4. The van der Waals surface area contributed by atoms with Gasteiger partial charge < -0.3 is 20.1 Å². The normalized spacial score (nSPS) is 24.0. The van der Waals surface area contributed by atoms with Gasteiger partial charge in [0.15, 0.2) is 0 Å². The highest BCUT2D eigenvalue weighted by atomic mass is 16.6. The maximum Gasteiger partial charge on any atom is 0.407 e. The summed E-state index contributed by atoms with van der Waals surface area (Å²) in [6.45, 7) is 3.24. The lowest BCUT2D eigenvalue weighted by atomic mass is 9.80. The van der Waals surface area contributed by atoms with Crippen LogP contribution in [0.3, 0.4) is 0 Å². The monoisotopic (exact) mass is 412 g/mol. The molecule has 0 spiro atoms. The van der Waals surface area contributed by atoms with Gasteiger partial charge in [0.2, 0.25) is 0 Å². The topological polar surface area (TPSA) is 105 Å². The molecule has 1 saturated heterocycles. The van der Waals surface area contributed by atoms with Crippen molar-refractivity contribution >= 4 is 17.8 Å². The molecule has 1 aromatic carbocycles. The Bertz CT molecular complexity index is 857. The quantitative estimate of drug-likeness (QED) is 0.647. The molecule has 1 aliphatic heterocycles. The van der Waals surface area contributed by atoms with Crippen molar-refractivity contribution in [2.24, 2.45) is 0 Å². The predicted octanol–water partition coefficient (Wildman–Crippen LogP) is 3.30. The molecule has 8 nitrogen and oxygen atoms in total. The third-order valence-electron chi connectivity index (χ3n) is 5.79. The van der Waals surface area contributed by atoms with Gasteiger partial charge in [0, 0.05) is 25.1 Å². The highest BCUT2D eigenvalue weighted by molar-refractivity contribution is 5.93. The van der Waals surface area contributed by atoms with E-state index in [9.17, 15) is 9.59 Å². The summed E-state index contributed by atoms with van der Waals surface area (Å²) in [5.41, 5.74) is 2.05. The Labute approximate surface area is 175 Å². The van der Waals surface area contributed by atoms with Crippen LogP contribution in [0.5, 0.6) is 0 Å². The van der Waals surface area contributed by atoms with Gasteiger partial charge in [-0.3, -0.25) is 9.89 Å². The number of aromatic amines is 1. The Morgan fingerprint density at radius 2 is 2.10 bits per heavy atom. The zero-order valence-corrected chi connectivity index (χ0v) is 17.1. The van der Waals surface area contributed by atoms with Gasteiger partial charge in [-0.25, -0.2) is 4.79 Å². The molecule has 1 aromatic heterocycles. The Balaban J connectivity index is 1.16. The van der Waals surface area contributed by atoms with Crippen molar-refractivity contribution in [3.63, 3.8) is 0 Å². The van der Waals surface area contributed by atoms with Gasteiger partial charge in [0.05, 0.1) is 5.69 Å². The standard InChI is InChI=1S/C22H28N4O4/c1-14(15-6-3-2-4-7-15)13-23-22(28)30-17-10-16(11-17)18-12-20(26-25-18)24-21(27)19-8-5-9-29-19/h2-4,6-7,12,14,16-17,19H,5,8-11,13H2,1H3,(H,23,28)(H2,24,25,26,27)/t14?,16-,17+,19-/m1/s1. The Kier molecular flexibility index (Phi) is 6.32. The van der Waals surface area contributed by atoms with Gasteiger partial charge in [0.25, 0.3) is 5.91 Å². The number of H-pyrrole nitrogens is 1. The van der Waals surface area contributed by atoms with Gasteiger partial charge in [0.1, 0.15) is 18.0 Å². The molecule has 2 fully saturated rings. The van der Waals surface area contributed by atoms with E-state index in [0.29, 0.717) is 19.0 Å². The third kappa shape index (κ3) is 4.99. The Morgan fingerprint density at radius 1 is 1.30 bits per heavy atom. The lowest BCUT2D eigenvalue weighted by Gasteiger charge is -2.33. The number of alkyl carbamates (subject to hydrolysis) is 1. The minimum absolute atomic E-state index is 0.108. The van der Waals surface area contributed by atoms with Crippen molar-refractivity contribution < 1.29 is 19.1 Å². The third-order valence-corrected chi connectivity index (χ3v) is 5.79. The fourth-order valence-electron chi connectivity index (χ4n) is 3.84. The molecule has 1 unspecified atom stereocenters. The van der Waals surface area contributed by atoms with E-state index in [4.69, 9.17) is 9.47 Å². The van der Waals surface area contributed by atoms with Crippen LogP contribution in [0, 0.1) is 0 Å². The zero-order chi connectivity index (χ0) is 20.9. The van der Waals surface area contributed by atoms with Crippen molar-refractivity contribution in [3.05, 3.63) is 47.7 Å². The summed E-state index contributed by atoms with van der Waals surface area (Å²) in [4.78, 5) is 24.2.